The van der Waals surface area contributed by atoms with E-state index in [-0.39, 0.29) is 29.9 Å². The first-order valence-corrected chi connectivity index (χ1v) is 7.32. The van der Waals surface area contributed by atoms with Crippen LogP contribution >= 0.6 is 0 Å². The molecule has 7 heteroatoms. The predicted molar refractivity (Wildman–Crippen MR) is 75.0 cm³/mol. The van der Waals surface area contributed by atoms with Gasteiger partial charge in [-0.15, -0.1) is 0 Å². The number of hydrogen-bond acceptors (Lipinski definition) is 5. The number of nitrogens with one attached hydrogen (secondary N) is 1. The second-order valence-corrected chi connectivity index (χ2v) is 5.97. The maximum absolute atomic E-state index is 12.0. The Hall–Kier alpha value is -1.65. The Labute approximate surface area is 124 Å². The molecule has 2 rings (SSSR count). The third-order valence-corrected chi connectivity index (χ3v) is 4.51. The number of rotatable bonds is 4. The summed E-state index contributed by atoms with van der Waals surface area (Å²) in [4.78, 5) is 26.7. The molecule has 2 aliphatic rings. The fraction of sp³-hybridized carbons (Fsp3) is 0.786. The molecule has 0 unspecified atom stereocenters. The second-order valence-electron chi connectivity index (χ2n) is 5.97. The van der Waals surface area contributed by atoms with Crippen LogP contribution in [0.15, 0.2) is 0 Å². The molecule has 2 aliphatic heterocycles. The fourth-order valence-electron chi connectivity index (χ4n) is 2.74. The summed E-state index contributed by atoms with van der Waals surface area (Å²) >= 11 is 0. The maximum atomic E-state index is 12.0. The Morgan fingerprint density at radius 3 is 2.48 bits per heavy atom. The van der Waals surface area contributed by atoms with Crippen molar-refractivity contribution in [2.24, 2.45) is 0 Å². The van der Waals surface area contributed by atoms with Crippen LogP contribution in [0.25, 0.3) is 0 Å². The zero-order chi connectivity index (χ0) is 15.5. The highest BCUT2D eigenvalue weighted by atomic mass is 16.3. The number of aliphatic hydroxyl groups is 1. The number of hydrogen-bond donors (Lipinski definition) is 2. The summed E-state index contributed by atoms with van der Waals surface area (Å²) in [5, 5.41) is 21.0. The predicted octanol–water partition coefficient (Wildman–Crippen LogP) is -0.926. The van der Waals surface area contributed by atoms with E-state index >= 15 is 0 Å². The van der Waals surface area contributed by atoms with Gasteiger partial charge in [-0.2, -0.15) is 5.26 Å². The molecule has 21 heavy (non-hydrogen) atoms. The van der Waals surface area contributed by atoms with Gasteiger partial charge in [-0.25, -0.2) is 0 Å². The van der Waals surface area contributed by atoms with Crippen LogP contribution in [0, 0.1) is 11.3 Å². The third kappa shape index (κ3) is 3.52. The number of amides is 2. The van der Waals surface area contributed by atoms with Crippen LogP contribution in [-0.2, 0) is 9.59 Å². The molecule has 2 amide bonds. The molecule has 0 aromatic rings. The van der Waals surface area contributed by atoms with E-state index in [1.54, 1.807) is 9.80 Å². The number of nitriles is 1. The first-order chi connectivity index (χ1) is 9.99. The smallest absolute Gasteiger partial charge is 0.248 e. The van der Waals surface area contributed by atoms with Crippen LogP contribution in [0.5, 0.6) is 0 Å². The summed E-state index contributed by atoms with van der Waals surface area (Å²) in [6.07, 6.45) is 2.25. The molecule has 2 saturated heterocycles. The lowest BCUT2D eigenvalue weighted by Gasteiger charge is -2.41. The standard InChI is InChI=1S/C14H22N4O3/c1-14(3-6-17(7-4-14)13(21)10-19)16-9-12(20)18-5-2-11(18)8-15/h11,16,19H,2-7,9-10H2,1H3/t11-/m0/s1. The number of carbonyl (C=O) groups is 2. The van der Waals surface area contributed by atoms with E-state index in [4.69, 9.17) is 10.4 Å². The molecule has 0 aliphatic carbocycles. The SMILES string of the molecule is CC1(NCC(=O)N2CC[C@H]2C#N)CCN(C(=O)CO)CC1. The van der Waals surface area contributed by atoms with Crippen molar-refractivity contribution in [1.82, 2.24) is 15.1 Å². The molecule has 2 heterocycles. The van der Waals surface area contributed by atoms with Gasteiger partial charge in [-0.05, 0) is 26.2 Å². The van der Waals surface area contributed by atoms with Crippen molar-refractivity contribution in [3.63, 3.8) is 0 Å². The molecule has 0 aromatic heterocycles. The molecule has 0 saturated carbocycles. The Morgan fingerprint density at radius 2 is 2.00 bits per heavy atom. The van der Waals surface area contributed by atoms with E-state index in [1.807, 2.05) is 6.92 Å². The summed E-state index contributed by atoms with van der Waals surface area (Å²) in [5.41, 5.74) is -0.186. The van der Waals surface area contributed by atoms with Gasteiger partial charge >= 0.3 is 0 Å². The first-order valence-electron chi connectivity index (χ1n) is 7.32. The monoisotopic (exact) mass is 294 g/mol. The van der Waals surface area contributed by atoms with Gasteiger partial charge in [0.2, 0.25) is 11.8 Å². The van der Waals surface area contributed by atoms with Gasteiger partial charge in [0.05, 0.1) is 12.6 Å². The lowest BCUT2D eigenvalue weighted by atomic mass is 9.89. The van der Waals surface area contributed by atoms with E-state index in [1.165, 1.54) is 0 Å². The van der Waals surface area contributed by atoms with Gasteiger partial charge in [0.1, 0.15) is 12.6 Å². The number of piperidine rings is 1. The Balaban J connectivity index is 1.77. The number of aliphatic hydroxyl groups excluding tert-OH is 1. The molecule has 1 atom stereocenters. The third-order valence-electron chi connectivity index (χ3n) is 4.51. The molecular weight excluding hydrogens is 272 g/mol. The first kappa shape index (κ1) is 15.7. The van der Waals surface area contributed by atoms with Crippen molar-refractivity contribution in [3.8, 4) is 6.07 Å². The largest absolute Gasteiger partial charge is 0.387 e. The number of carbonyl (C=O) groups excluding carboxylic acids is 2. The Bertz CT molecular complexity index is 452. The summed E-state index contributed by atoms with van der Waals surface area (Å²) < 4.78 is 0. The van der Waals surface area contributed by atoms with Gasteiger partial charge < -0.3 is 20.2 Å². The molecule has 116 valence electrons. The van der Waals surface area contributed by atoms with Crippen molar-refractivity contribution in [2.75, 3.05) is 32.8 Å². The lowest BCUT2D eigenvalue weighted by Crippen LogP contribution is -2.58. The molecule has 0 radical (unpaired) electrons. The zero-order valence-corrected chi connectivity index (χ0v) is 12.3. The van der Waals surface area contributed by atoms with Crippen LogP contribution in [-0.4, -0.2) is 71.1 Å². The summed E-state index contributed by atoms with van der Waals surface area (Å²) in [7, 11) is 0. The van der Waals surface area contributed by atoms with Gasteiger partial charge in [0.25, 0.3) is 0 Å². The number of likely N-dealkylation sites (tertiary alicyclic amines) is 2. The van der Waals surface area contributed by atoms with E-state index in [0.29, 0.717) is 19.6 Å². The van der Waals surface area contributed by atoms with Crippen LogP contribution in [0.3, 0.4) is 0 Å². The summed E-state index contributed by atoms with van der Waals surface area (Å²) in [6.45, 7) is 3.64. The zero-order valence-electron chi connectivity index (χ0n) is 12.3. The minimum Gasteiger partial charge on any atom is -0.387 e. The molecule has 0 aromatic carbocycles. The van der Waals surface area contributed by atoms with Gasteiger partial charge in [-0.3, -0.25) is 9.59 Å². The van der Waals surface area contributed by atoms with Crippen LogP contribution < -0.4 is 5.32 Å². The maximum Gasteiger partial charge on any atom is 0.248 e. The van der Waals surface area contributed by atoms with Crippen molar-refractivity contribution < 1.29 is 14.7 Å². The molecule has 0 spiro atoms. The average Bonchev–Trinajstić information content (AvgIpc) is 2.45. The van der Waals surface area contributed by atoms with Crippen LogP contribution in [0.4, 0.5) is 0 Å². The highest BCUT2D eigenvalue weighted by Crippen LogP contribution is 2.22. The van der Waals surface area contributed by atoms with Crippen molar-refractivity contribution in [2.45, 2.75) is 37.8 Å². The quantitative estimate of drug-likeness (QED) is 0.698. The highest BCUT2D eigenvalue weighted by molar-refractivity contribution is 5.80. The highest BCUT2D eigenvalue weighted by Gasteiger charge is 2.35. The minimum atomic E-state index is -0.451. The Kier molecular flexibility index (Phi) is 4.80. The number of nitrogens with zero attached hydrogens (tertiary/aromatic N) is 3. The molecule has 2 N–H and O–H groups in total. The van der Waals surface area contributed by atoms with Crippen molar-refractivity contribution in [1.29, 1.82) is 5.26 Å². The molecule has 0 bridgehead atoms. The van der Waals surface area contributed by atoms with Gasteiger partial charge in [0, 0.05) is 25.2 Å². The van der Waals surface area contributed by atoms with Crippen LogP contribution in [0.1, 0.15) is 26.2 Å². The topological polar surface area (TPSA) is 96.7 Å². The van der Waals surface area contributed by atoms with Gasteiger partial charge in [0.15, 0.2) is 0 Å². The molecule has 7 nitrogen and oxygen atoms in total. The minimum absolute atomic E-state index is 0.0390. The fourth-order valence-corrected chi connectivity index (χ4v) is 2.74. The van der Waals surface area contributed by atoms with E-state index < -0.39 is 6.61 Å². The van der Waals surface area contributed by atoms with Crippen molar-refractivity contribution in [3.05, 3.63) is 0 Å². The summed E-state index contributed by atoms with van der Waals surface area (Å²) in [6, 6.07) is 1.85. The lowest BCUT2D eigenvalue weighted by molar-refractivity contribution is -0.138. The van der Waals surface area contributed by atoms with E-state index in [9.17, 15) is 9.59 Å². The normalized spacial score (nSPS) is 24.1. The van der Waals surface area contributed by atoms with Gasteiger partial charge in [-0.1, -0.05) is 0 Å². The molecular formula is C14H22N4O3. The summed E-state index contributed by atoms with van der Waals surface area (Å²) in [5.74, 6) is -0.284. The van der Waals surface area contributed by atoms with E-state index in [2.05, 4.69) is 11.4 Å². The second kappa shape index (κ2) is 6.41. The Morgan fingerprint density at radius 1 is 1.33 bits per heavy atom. The average molecular weight is 294 g/mol. The van der Waals surface area contributed by atoms with Crippen molar-refractivity contribution >= 4 is 11.8 Å². The van der Waals surface area contributed by atoms with E-state index in [0.717, 1.165) is 19.3 Å². The molecule has 2 fully saturated rings. The van der Waals surface area contributed by atoms with Crippen LogP contribution in [0.2, 0.25) is 0 Å².